The normalized spacial score (nSPS) is 23.3. The van der Waals surface area contributed by atoms with E-state index in [0.29, 0.717) is 34.4 Å². The first-order valence-corrected chi connectivity index (χ1v) is 14.9. The highest BCUT2D eigenvalue weighted by Crippen LogP contribution is 2.32. The number of sulfonamides is 1. The molecule has 3 aliphatic rings. The molecule has 0 aromatic heterocycles. The number of amides is 1. The molecule has 0 saturated carbocycles. The van der Waals surface area contributed by atoms with E-state index in [9.17, 15) is 13.2 Å². The molecular weight excluding hydrogens is 478 g/mol. The van der Waals surface area contributed by atoms with Gasteiger partial charge in [-0.05, 0) is 94.6 Å². The molecule has 3 saturated heterocycles. The second-order valence-corrected chi connectivity index (χ2v) is 12.7. The van der Waals surface area contributed by atoms with Crippen LogP contribution >= 0.6 is 0 Å². The van der Waals surface area contributed by atoms with E-state index in [1.807, 2.05) is 4.90 Å². The topological polar surface area (TPSA) is 79.4 Å². The molecule has 0 spiro atoms. The number of hydrogen-bond donors (Lipinski definition) is 0. The van der Waals surface area contributed by atoms with Gasteiger partial charge in [0.2, 0.25) is 15.9 Å². The molecule has 1 atom stereocenters. The maximum absolute atomic E-state index is 13.6. The SMILES string of the molecule is COc1cc(C)c(S(=O)(=O)N2CCC[C@H]2COCC(=O)N2CCC(N3CCC(C)CC3)CC2)c(C)c1. The van der Waals surface area contributed by atoms with Crippen molar-refractivity contribution in [2.24, 2.45) is 5.92 Å². The third-order valence-corrected chi connectivity index (χ3v) is 10.5. The highest BCUT2D eigenvalue weighted by atomic mass is 32.2. The fourth-order valence-electron chi connectivity index (χ4n) is 6.09. The zero-order valence-corrected chi connectivity index (χ0v) is 23.2. The highest BCUT2D eigenvalue weighted by Gasteiger charge is 2.37. The monoisotopic (exact) mass is 521 g/mol. The molecule has 0 unspecified atom stereocenters. The first-order valence-electron chi connectivity index (χ1n) is 13.5. The number of rotatable bonds is 8. The van der Waals surface area contributed by atoms with E-state index >= 15 is 0 Å². The van der Waals surface area contributed by atoms with Gasteiger partial charge >= 0.3 is 0 Å². The maximum Gasteiger partial charge on any atom is 0.248 e. The van der Waals surface area contributed by atoms with Crippen molar-refractivity contribution in [1.29, 1.82) is 0 Å². The molecule has 0 N–H and O–H groups in total. The molecule has 1 amide bonds. The lowest BCUT2D eigenvalue weighted by Crippen LogP contribution is -2.49. The van der Waals surface area contributed by atoms with Crippen molar-refractivity contribution < 1.29 is 22.7 Å². The molecule has 1 aromatic carbocycles. The van der Waals surface area contributed by atoms with Crippen molar-refractivity contribution in [2.45, 2.75) is 76.3 Å². The number of methoxy groups -OCH3 is 1. The highest BCUT2D eigenvalue weighted by molar-refractivity contribution is 7.89. The quantitative estimate of drug-likeness (QED) is 0.523. The van der Waals surface area contributed by atoms with E-state index in [-0.39, 0.29) is 25.2 Å². The van der Waals surface area contributed by atoms with Crippen LogP contribution in [0.3, 0.4) is 0 Å². The van der Waals surface area contributed by atoms with Gasteiger partial charge < -0.3 is 19.3 Å². The lowest BCUT2D eigenvalue weighted by atomic mass is 9.95. The summed E-state index contributed by atoms with van der Waals surface area (Å²) in [6.45, 7) is 10.6. The number of benzene rings is 1. The van der Waals surface area contributed by atoms with Crippen LogP contribution < -0.4 is 4.74 Å². The number of nitrogens with zero attached hydrogens (tertiary/aromatic N) is 3. The molecule has 0 bridgehead atoms. The number of likely N-dealkylation sites (tertiary alicyclic amines) is 2. The van der Waals surface area contributed by atoms with Crippen LogP contribution in [-0.4, -0.2) is 93.6 Å². The largest absolute Gasteiger partial charge is 0.497 e. The van der Waals surface area contributed by atoms with Gasteiger partial charge in [-0.25, -0.2) is 8.42 Å². The van der Waals surface area contributed by atoms with Crippen LogP contribution in [0.25, 0.3) is 0 Å². The van der Waals surface area contributed by atoms with E-state index in [1.54, 1.807) is 37.4 Å². The first kappa shape index (κ1) is 27.4. The number of ether oxygens (including phenoxy) is 2. The number of aryl methyl sites for hydroxylation is 2. The van der Waals surface area contributed by atoms with Gasteiger partial charge in [0.05, 0.1) is 18.6 Å². The smallest absolute Gasteiger partial charge is 0.248 e. The van der Waals surface area contributed by atoms with Crippen LogP contribution in [0.2, 0.25) is 0 Å². The van der Waals surface area contributed by atoms with Crippen molar-refractivity contribution in [3.8, 4) is 5.75 Å². The molecule has 0 aliphatic carbocycles. The number of carbonyl (C=O) groups is 1. The van der Waals surface area contributed by atoms with Gasteiger partial charge in [-0.3, -0.25) is 4.79 Å². The van der Waals surface area contributed by atoms with Crippen LogP contribution in [0.15, 0.2) is 17.0 Å². The number of hydrogen-bond acceptors (Lipinski definition) is 6. The Morgan fingerprint density at radius 1 is 0.972 bits per heavy atom. The minimum Gasteiger partial charge on any atom is -0.497 e. The van der Waals surface area contributed by atoms with Gasteiger partial charge in [-0.1, -0.05) is 6.92 Å². The van der Waals surface area contributed by atoms with Crippen molar-refractivity contribution in [1.82, 2.24) is 14.1 Å². The second-order valence-electron chi connectivity index (χ2n) is 10.8. The summed E-state index contributed by atoms with van der Waals surface area (Å²) in [6.07, 6.45) is 6.13. The Kier molecular flexibility index (Phi) is 8.96. The Morgan fingerprint density at radius 2 is 1.61 bits per heavy atom. The average molecular weight is 522 g/mol. The summed E-state index contributed by atoms with van der Waals surface area (Å²) in [5.41, 5.74) is 1.35. The van der Waals surface area contributed by atoms with E-state index in [2.05, 4.69) is 11.8 Å². The Bertz CT molecular complexity index is 991. The minimum absolute atomic E-state index is 0.00923. The van der Waals surface area contributed by atoms with Crippen LogP contribution in [0.1, 0.15) is 56.6 Å². The van der Waals surface area contributed by atoms with E-state index in [4.69, 9.17) is 9.47 Å². The Hall–Kier alpha value is -1.68. The Morgan fingerprint density at radius 3 is 2.22 bits per heavy atom. The van der Waals surface area contributed by atoms with Gasteiger partial charge in [0.25, 0.3) is 0 Å². The minimum atomic E-state index is -3.67. The van der Waals surface area contributed by atoms with Crippen molar-refractivity contribution in [3.63, 3.8) is 0 Å². The van der Waals surface area contributed by atoms with Gasteiger partial charge in [0.15, 0.2) is 0 Å². The van der Waals surface area contributed by atoms with Crippen molar-refractivity contribution in [2.75, 3.05) is 53.0 Å². The fourth-order valence-corrected chi connectivity index (χ4v) is 8.19. The third-order valence-electron chi connectivity index (χ3n) is 8.25. The number of carbonyl (C=O) groups excluding carboxylic acids is 1. The van der Waals surface area contributed by atoms with Crippen molar-refractivity contribution >= 4 is 15.9 Å². The Balaban J connectivity index is 1.27. The van der Waals surface area contributed by atoms with Crippen LogP contribution in [-0.2, 0) is 19.6 Å². The van der Waals surface area contributed by atoms with Gasteiger partial charge in [0.1, 0.15) is 12.4 Å². The fraction of sp³-hybridized carbons (Fsp3) is 0.741. The molecule has 8 nitrogen and oxygen atoms in total. The molecule has 0 radical (unpaired) electrons. The summed E-state index contributed by atoms with van der Waals surface area (Å²) in [4.78, 5) is 17.7. The molecule has 3 heterocycles. The summed E-state index contributed by atoms with van der Waals surface area (Å²) in [7, 11) is -2.09. The lowest BCUT2D eigenvalue weighted by Gasteiger charge is -2.41. The molecule has 36 heavy (non-hydrogen) atoms. The zero-order chi connectivity index (χ0) is 25.9. The van der Waals surface area contributed by atoms with E-state index < -0.39 is 10.0 Å². The average Bonchev–Trinajstić information content (AvgIpc) is 3.33. The summed E-state index contributed by atoms with van der Waals surface area (Å²) in [6, 6.07) is 3.85. The van der Waals surface area contributed by atoms with Crippen LogP contribution in [0.4, 0.5) is 0 Å². The Labute approximate surface area is 217 Å². The summed E-state index contributed by atoms with van der Waals surface area (Å²) in [5.74, 6) is 1.49. The van der Waals surface area contributed by atoms with Gasteiger partial charge in [-0.2, -0.15) is 4.31 Å². The van der Waals surface area contributed by atoms with E-state index in [0.717, 1.165) is 44.7 Å². The molecule has 4 rings (SSSR count). The zero-order valence-electron chi connectivity index (χ0n) is 22.4. The van der Waals surface area contributed by atoms with Crippen LogP contribution in [0, 0.1) is 19.8 Å². The van der Waals surface area contributed by atoms with E-state index in [1.165, 1.54) is 25.9 Å². The predicted octanol–water partition coefficient (Wildman–Crippen LogP) is 3.20. The standard InChI is InChI=1S/C27H43N3O5S/c1-20-7-12-28(13-8-20)23-9-14-29(15-10-23)26(31)19-35-18-24-6-5-11-30(24)36(32,33)27-21(2)16-25(34-4)17-22(27)3/h16-17,20,23-24H,5-15,18-19H2,1-4H3/t24-/m0/s1. The van der Waals surface area contributed by atoms with Gasteiger partial charge in [0, 0.05) is 31.7 Å². The molecule has 3 aliphatic heterocycles. The van der Waals surface area contributed by atoms with Crippen LogP contribution in [0.5, 0.6) is 5.75 Å². The molecule has 1 aromatic rings. The van der Waals surface area contributed by atoms with Crippen molar-refractivity contribution in [3.05, 3.63) is 23.3 Å². The molecule has 3 fully saturated rings. The molecule has 9 heteroatoms. The third kappa shape index (κ3) is 6.06. The number of piperidine rings is 2. The van der Waals surface area contributed by atoms with Gasteiger partial charge in [-0.15, -0.1) is 0 Å². The first-order chi connectivity index (χ1) is 17.2. The second kappa shape index (κ2) is 11.8. The predicted molar refractivity (Wildman–Crippen MR) is 140 cm³/mol. The summed E-state index contributed by atoms with van der Waals surface area (Å²) in [5, 5.41) is 0. The maximum atomic E-state index is 13.6. The summed E-state index contributed by atoms with van der Waals surface area (Å²) < 4.78 is 39.8. The lowest BCUT2D eigenvalue weighted by molar-refractivity contribution is -0.138. The molecule has 202 valence electrons. The summed E-state index contributed by atoms with van der Waals surface area (Å²) >= 11 is 0. The molecular formula is C27H43N3O5S.